The molecule has 0 unspecified atom stereocenters. The molecule has 0 amide bonds. The van der Waals surface area contributed by atoms with Crippen LogP contribution in [0.4, 0.5) is 0 Å². The molecule has 3 aromatic carbocycles. The van der Waals surface area contributed by atoms with E-state index in [1.54, 1.807) is 0 Å². The van der Waals surface area contributed by atoms with Crippen molar-refractivity contribution in [1.29, 1.82) is 0 Å². The molecule has 4 rings (SSSR count). The highest BCUT2D eigenvalue weighted by atomic mass is 16.5. The van der Waals surface area contributed by atoms with E-state index in [1.807, 2.05) is 0 Å². The van der Waals surface area contributed by atoms with Gasteiger partial charge in [-0.05, 0) is 31.4 Å². The Bertz CT molecular complexity index is 989. The molecule has 0 saturated carbocycles. The van der Waals surface area contributed by atoms with Gasteiger partial charge in [-0.25, -0.2) is 0 Å². The summed E-state index contributed by atoms with van der Waals surface area (Å²) in [7, 11) is 0. The molecule has 1 aliphatic heterocycles. The molecule has 1 aliphatic rings. The maximum Gasteiger partial charge on any atom is 0.185 e. The fourth-order valence-electron chi connectivity index (χ4n) is 4.14. The van der Waals surface area contributed by atoms with E-state index in [4.69, 9.17) is 9.73 Å². The van der Waals surface area contributed by atoms with Crippen molar-refractivity contribution in [2.45, 2.75) is 45.9 Å². The molecule has 0 aliphatic carbocycles. The van der Waals surface area contributed by atoms with Crippen LogP contribution in [0.2, 0.25) is 0 Å². The van der Waals surface area contributed by atoms with Gasteiger partial charge in [0.1, 0.15) is 0 Å². The molecule has 2 heteroatoms. The first-order valence-electron chi connectivity index (χ1n) is 10.5. The van der Waals surface area contributed by atoms with Crippen LogP contribution in [0.5, 0.6) is 0 Å². The van der Waals surface area contributed by atoms with Gasteiger partial charge in [0.15, 0.2) is 5.72 Å². The van der Waals surface area contributed by atoms with E-state index in [0.717, 1.165) is 17.7 Å². The SMILES string of the molecule is CC[C@@]1(c2ccc(C)cc2)N=C(c2ccc(C)cc2)[C@@H](C)[C@@H](c2ccccc2)O1. The highest BCUT2D eigenvalue weighted by Crippen LogP contribution is 2.45. The van der Waals surface area contributed by atoms with Gasteiger partial charge >= 0.3 is 0 Å². The summed E-state index contributed by atoms with van der Waals surface area (Å²) in [6, 6.07) is 27.9. The molecular formula is C27H29NO. The molecule has 148 valence electrons. The van der Waals surface area contributed by atoms with Crippen LogP contribution >= 0.6 is 0 Å². The van der Waals surface area contributed by atoms with Crippen LogP contribution in [0.3, 0.4) is 0 Å². The van der Waals surface area contributed by atoms with Gasteiger partial charge in [0.2, 0.25) is 0 Å². The van der Waals surface area contributed by atoms with Gasteiger partial charge in [-0.1, -0.05) is 104 Å². The Morgan fingerprint density at radius 1 is 0.828 bits per heavy atom. The van der Waals surface area contributed by atoms with Crippen molar-refractivity contribution in [1.82, 2.24) is 0 Å². The smallest absolute Gasteiger partial charge is 0.185 e. The Labute approximate surface area is 174 Å². The number of rotatable bonds is 4. The first-order valence-corrected chi connectivity index (χ1v) is 10.5. The minimum atomic E-state index is -0.680. The summed E-state index contributed by atoms with van der Waals surface area (Å²) in [4.78, 5) is 5.28. The zero-order valence-corrected chi connectivity index (χ0v) is 17.7. The van der Waals surface area contributed by atoms with Crippen molar-refractivity contribution in [3.63, 3.8) is 0 Å². The number of hydrogen-bond acceptors (Lipinski definition) is 2. The van der Waals surface area contributed by atoms with Gasteiger partial charge in [-0.15, -0.1) is 0 Å². The molecule has 0 radical (unpaired) electrons. The van der Waals surface area contributed by atoms with Gasteiger partial charge in [-0.2, -0.15) is 0 Å². The molecular weight excluding hydrogens is 354 g/mol. The van der Waals surface area contributed by atoms with Gasteiger partial charge in [0.05, 0.1) is 11.8 Å². The van der Waals surface area contributed by atoms with Crippen molar-refractivity contribution in [3.8, 4) is 0 Å². The average molecular weight is 384 g/mol. The fourth-order valence-corrected chi connectivity index (χ4v) is 4.14. The Morgan fingerprint density at radius 2 is 1.41 bits per heavy atom. The van der Waals surface area contributed by atoms with Crippen LogP contribution in [0.15, 0.2) is 83.9 Å². The number of aryl methyl sites for hydroxylation is 2. The van der Waals surface area contributed by atoms with Crippen LogP contribution in [-0.2, 0) is 10.5 Å². The van der Waals surface area contributed by atoms with E-state index < -0.39 is 5.72 Å². The molecule has 1 heterocycles. The van der Waals surface area contributed by atoms with Crippen LogP contribution in [0.1, 0.15) is 54.2 Å². The summed E-state index contributed by atoms with van der Waals surface area (Å²) < 4.78 is 6.84. The van der Waals surface area contributed by atoms with Crippen LogP contribution < -0.4 is 0 Å². The Hall–Kier alpha value is -2.71. The molecule has 0 saturated heterocycles. The normalized spacial score (nSPS) is 24.2. The third-order valence-electron chi connectivity index (χ3n) is 5.97. The lowest BCUT2D eigenvalue weighted by Crippen LogP contribution is -2.40. The Morgan fingerprint density at radius 3 is 2.00 bits per heavy atom. The third kappa shape index (κ3) is 3.77. The van der Waals surface area contributed by atoms with Crippen molar-refractivity contribution >= 4 is 5.71 Å². The van der Waals surface area contributed by atoms with Gasteiger partial charge < -0.3 is 4.74 Å². The highest BCUT2D eigenvalue weighted by Gasteiger charge is 2.42. The monoisotopic (exact) mass is 383 g/mol. The Balaban J connectivity index is 1.88. The third-order valence-corrected chi connectivity index (χ3v) is 5.97. The molecule has 29 heavy (non-hydrogen) atoms. The topological polar surface area (TPSA) is 21.6 Å². The van der Waals surface area contributed by atoms with E-state index in [0.29, 0.717) is 0 Å². The summed E-state index contributed by atoms with van der Waals surface area (Å²) in [6.45, 7) is 8.62. The molecule has 3 atom stereocenters. The summed E-state index contributed by atoms with van der Waals surface area (Å²) in [5, 5.41) is 0. The molecule has 0 aromatic heterocycles. The van der Waals surface area contributed by atoms with Crippen molar-refractivity contribution in [2.24, 2.45) is 10.9 Å². The predicted octanol–water partition coefficient (Wildman–Crippen LogP) is 6.76. The van der Waals surface area contributed by atoms with Crippen molar-refractivity contribution in [2.75, 3.05) is 0 Å². The van der Waals surface area contributed by atoms with E-state index in [1.165, 1.54) is 22.3 Å². The number of aliphatic imine (C=N–C) groups is 1. The molecule has 3 aromatic rings. The van der Waals surface area contributed by atoms with Crippen LogP contribution in [0, 0.1) is 19.8 Å². The molecule has 0 N–H and O–H groups in total. The standard InChI is InChI=1S/C27H29NO/c1-5-27(24-17-13-20(3)14-18-24)28-25(22-15-11-19(2)12-16-22)21(4)26(29-27)23-9-7-6-8-10-23/h6-18,21,26H,5H2,1-4H3/t21-,26+,27-/m1/s1. The maximum atomic E-state index is 6.84. The lowest BCUT2D eigenvalue weighted by atomic mass is 9.85. The number of ether oxygens (including phenoxy) is 1. The van der Waals surface area contributed by atoms with E-state index in [2.05, 4.69) is 107 Å². The highest BCUT2D eigenvalue weighted by molar-refractivity contribution is 6.03. The van der Waals surface area contributed by atoms with Gasteiger partial charge in [-0.3, -0.25) is 4.99 Å². The predicted molar refractivity (Wildman–Crippen MR) is 120 cm³/mol. The lowest BCUT2D eigenvalue weighted by Gasteiger charge is -2.42. The number of benzene rings is 3. The quantitative estimate of drug-likeness (QED) is 0.487. The van der Waals surface area contributed by atoms with Crippen LogP contribution in [0.25, 0.3) is 0 Å². The minimum Gasteiger partial charge on any atom is -0.341 e. The maximum absolute atomic E-state index is 6.84. The fraction of sp³-hybridized carbons (Fsp3) is 0.296. The molecule has 0 spiro atoms. The van der Waals surface area contributed by atoms with Crippen molar-refractivity contribution < 1.29 is 4.74 Å². The van der Waals surface area contributed by atoms with Gasteiger partial charge in [0, 0.05) is 11.5 Å². The minimum absolute atomic E-state index is 0.0498. The van der Waals surface area contributed by atoms with Gasteiger partial charge in [0.25, 0.3) is 0 Å². The first-order chi connectivity index (χ1) is 14.0. The van der Waals surface area contributed by atoms with Crippen molar-refractivity contribution in [3.05, 3.63) is 107 Å². The van der Waals surface area contributed by atoms with E-state index in [9.17, 15) is 0 Å². The average Bonchev–Trinajstić information content (AvgIpc) is 2.76. The van der Waals surface area contributed by atoms with E-state index in [-0.39, 0.29) is 12.0 Å². The second-order valence-corrected chi connectivity index (χ2v) is 8.10. The first kappa shape index (κ1) is 19.6. The second-order valence-electron chi connectivity index (χ2n) is 8.10. The summed E-state index contributed by atoms with van der Waals surface area (Å²) >= 11 is 0. The zero-order chi connectivity index (χ0) is 20.4. The molecule has 0 fully saturated rings. The zero-order valence-electron chi connectivity index (χ0n) is 17.7. The summed E-state index contributed by atoms with van der Waals surface area (Å²) in [5.41, 5.74) is 6.43. The Kier molecular flexibility index (Phi) is 5.38. The largest absolute Gasteiger partial charge is 0.341 e. The molecule has 2 nitrogen and oxygen atoms in total. The number of hydrogen-bond donors (Lipinski definition) is 0. The summed E-state index contributed by atoms with van der Waals surface area (Å²) in [6.07, 6.45) is 0.729. The number of nitrogens with zero attached hydrogens (tertiary/aromatic N) is 1. The second kappa shape index (κ2) is 7.96. The molecule has 0 bridgehead atoms. The summed E-state index contributed by atoms with van der Waals surface area (Å²) in [5.74, 6) is 0.158. The lowest BCUT2D eigenvalue weighted by molar-refractivity contribution is -0.120. The van der Waals surface area contributed by atoms with Crippen LogP contribution in [-0.4, -0.2) is 5.71 Å². The van der Waals surface area contributed by atoms with E-state index >= 15 is 0 Å².